The van der Waals surface area contributed by atoms with E-state index < -0.39 is 108 Å². The van der Waals surface area contributed by atoms with Gasteiger partial charge >= 0.3 is 11.9 Å². The lowest BCUT2D eigenvalue weighted by Crippen LogP contribution is -2.61. The highest BCUT2D eigenvalue weighted by molar-refractivity contribution is 5.97. The monoisotopic (exact) mass is 855 g/mol. The first kappa shape index (κ1) is 50.9. The highest BCUT2D eigenvalue weighted by atomic mass is 16.4. The zero-order valence-corrected chi connectivity index (χ0v) is 35.6. The summed E-state index contributed by atoms with van der Waals surface area (Å²) in [5.74, 6) is -8.64. The van der Waals surface area contributed by atoms with Crippen molar-refractivity contribution in [1.29, 1.82) is 0 Å². The molecule has 0 radical (unpaired) electrons. The maximum Gasteiger partial charge on any atom is 0.325 e. The van der Waals surface area contributed by atoms with Crippen LogP contribution in [0.4, 0.5) is 0 Å². The number of carboxylic acid groups (broad SMARTS) is 2. The number of amides is 6. The summed E-state index contributed by atoms with van der Waals surface area (Å²) in [6, 6.07) is 2.61. The van der Waals surface area contributed by atoms with Gasteiger partial charge < -0.3 is 58.1 Å². The van der Waals surface area contributed by atoms with Gasteiger partial charge in [0.2, 0.25) is 35.4 Å². The average Bonchev–Trinajstić information content (AvgIpc) is 3.18. The van der Waals surface area contributed by atoms with Crippen molar-refractivity contribution in [2.45, 2.75) is 123 Å². The van der Waals surface area contributed by atoms with Gasteiger partial charge in [-0.3, -0.25) is 38.4 Å². The van der Waals surface area contributed by atoms with Crippen LogP contribution in [0.15, 0.2) is 48.5 Å². The normalized spacial score (nSPS) is 14.7. The molecule has 0 aliphatic heterocycles. The van der Waals surface area contributed by atoms with Gasteiger partial charge in [-0.25, -0.2) is 0 Å². The van der Waals surface area contributed by atoms with Gasteiger partial charge in [0.1, 0.15) is 47.8 Å². The summed E-state index contributed by atoms with van der Waals surface area (Å²) in [5, 5.41) is 53.6. The van der Waals surface area contributed by atoms with Gasteiger partial charge in [0.15, 0.2) is 0 Å². The van der Waals surface area contributed by atoms with E-state index in [1.54, 1.807) is 53.7 Å². The molecule has 0 unspecified atom stereocenters. The van der Waals surface area contributed by atoms with Crippen molar-refractivity contribution in [2.75, 3.05) is 0 Å². The van der Waals surface area contributed by atoms with Gasteiger partial charge in [0.25, 0.3) is 0 Å². The number of aliphatic carboxylic acids is 2. The maximum absolute atomic E-state index is 14.2. The molecular formula is C42H61N7O12. The molecule has 0 bridgehead atoms. The number of carboxylic acids is 2. The van der Waals surface area contributed by atoms with Gasteiger partial charge in [-0.05, 0) is 72.9 Å². The standard InChI is InChI=1S/C42H61N7O12/c1-21(2)18-30(46-39(57)32(48-40(58)34(43)22(3)4)20-26-10-14-28(51)15-11-26)37(55)47-31(19-25-8-12-27(50)13-9-25)38(56)45-29(16-17-33(52)53)36(54)49-35(23(5)6)41(59)44-24(7)42(60)61/h8-15,21-24,29-32,34-35,50-51H,16-20,43H2,1-7H3,(H,44,59)(H,45,56)(H,46,57)(H,47,55)(H,48,58)(H,49,54)(H,52,53)(H,60,61)/t24-,29-,30-,31-,32-,34-,35-/m0/s1. The minimum absolute atomic E-state index is 0.0150. The van der Waals surface area contributed by atoms with E-state index in [1.807, 2.05) is 0 Å². The van der Waals surface area contributed by atoms with E-state index in [4.69, 9.17) is 5.73 Å². The third kappa shape index (κ3) is 17.5. The lowest BCUT2D eigenvalue weighted by atomic mass is 9.99. The Labute approximate surface area is 355 Å². The van der Waals surface area contributed by atoms with E-state index in [1.165, 1.54) is 43.3 Å². The number of nitrogens with one attached hydrogen (secondary N) is 6. The number of aromatic hydroxyl groups is 2. The summed E-state index contributed by atoms with van der Waals surface area (Å²) in [6.07, 6.45) is -1.20. The molecule has 12 N–H and O–H groups in total. The summed E-state index contributed by atoms with van der Waals surface area (Å²) in [4.78, 5) is 105. The van der Waals surface area contributed by atoms with Crippen LogP contribution in [0.1, 0.15) is 78.9 Å². The van der Waals surface area contributed by atoms with Crippen LogP contribution < -0.4 is 37.6 Å². The molecule has 0 aromatic heterocycles. The van der Waals surface area contributed by atoms with Crippen molar-refractivity contribution in [3.8, 4) is 11.5 Å². The molecule has 2 aromatic rings. The summed E-state index contributed by atoms with van der Waals surface area (Å²) in [5.41, 5.74) is 7.10. The smallest absolute Gasteiger partial charge is 0.325 e. The molecular weight excluding hydrogens is 794 g/mol. The van der Waals surface area contributed by atoms with Gasteiger partial charge in [-0.1, -0.05) is 65.8 Å². The predicted octanol–water partition coefficient (Wildman–Crippen LogP) is 0.447. The fraction of sp³-hybridized carbons (Fsp3) is 0.524. The number of hydrogen-bond acceptors (Lipinski definition) is 11. The van der Waals surface area contributed by atoms with Crippen LogP contribution in [-0.4, -0.2) is 110 Å². The van der Waals surface area contributed by atoms with Crippen LogP contribution in [0, 0.1) is 17.8 Å². The van der Waals surface area contributed by atoms with Crippen molar-refractivity contribution >= 4 is 47.4 Å². The number of rotatable bonds is 24. The Morgan fingerprint density at radius 3 is 1.34 bits per heavy atom. The van der Waals surface area contributed by atoms with Crippen LogP contribution in [0.3, 0.4) is 0 Å². The highest BCUT2D eigenvalue weighted by Crippen LogP contribution is 2.15. The third-order valence-corrected chi connectivity index (χ3v) is 9.64. The molecule has 61 heavy (non-hydrogen) atoms. The lowest BCUT2D eigenvalue weighted by molar-refractivity contribution is -0.142. The van der Waals surface area contributed by atoms with E-state index in [0.717, 1.165) is 0 Å². The molecule has 336 valence electrons. The van der Waals surface area contributed by atoms with Crippen LogP contribution in [0.25, 0.3) is 0 Å². The van der Waals surface area contributed by atoms with Crippen molar-refractivity contribution in [1.82, 2.24) is 31.9 Å². The molecule has 2 rings (SSSR count). The molecule has 0 saturated heterocycles. The molecule has 0 spiro atoms. The Kier molecular flexibility index (Phi) is 20.1. The fourth-order valence-corrected chi connectivity index (χ4v) is 5.93. The second-order valence-corrected chi connectivity index (χ2v) is 16.1. The maximum atomic E-state index is 14.2. The van der Waals surface area contributed by atoms with Crippen molar-refractivity contribution < 1.29 is 58.8 Å². The fourth-order valence-electron chi connectivity index (χ4n) is 5.93. The average molecular weight is 856 g/mol. The van der Waals surface area contributed by atoms with E-state index in [0.29, 0.717) is 11.1 Å². The quantitative estimate of drug-likeness (QED) is 0.0684. The van der Waals surface area contributed by atoms with Gasteiger partial charge in [-0.15, -0.1) is 0 Å². The zero-order chi connectivity index (χ0) is 46.1. The Morgan fingerprint density at radius 1 is 0.525 bits per heavy atom. The Hall–Kier alpha value is -6.24. The number of phenols is 2. The zero-order valence-electron chi connectivity index (χ0n) is 35.6. The second kappa shape index (κ2) is 24.1. The number of carbonyl (C=O) groups is 8. The van der Waals surface area contributed by atoms with Crippen molar-refractivity contribution in [3.05, 3.63) is 59.7 Å². The van der Waals surface area contributed by atoms with Crippen LogP contribution in [0.2, 0.25) is 0 Å². The van der Waals surface area contributed by atoms with Crippen molar-refractivity contribution in [3.63, 3.8) is 0 Å². The van der Waals surface area contributed by atoms with Gasteiger partial charge in [0.05, 0.1) is 6.04 Å². The first-order valence-electron chi connectivity index (χ1n) is 20.1. The van der Waals surface area contributed by atoms with Gasteiger partial charge in [0, 0.05) is 19.3 Å². The number of carbonyl (C=O) groups excluding carboxylic acids is 6. The summed E-state index contributed by atoms with van der Waals surface area (Å²) >= 11 is 0. The van der Waals surface area contributed by atoms with E-state index >= 15 is 0 Å². The van der Waals surface area contributed by atoms with Gasteiger partial charge in [-0.2, -0.15) is 0 Å². The second-order valence-electron chi connectivity index (χ2n) is 16.1. The lowest BCUT2D eigenvalue weighted by Gasteiger charge is -2.29. The molecule has 0 aliphatic rings. The predicted molar refractivity (Wildman–Crippen MR) is 222 cm³/mol. The van der Waals surface area contributed by atoms with Crippen LogP contribution >= 0.6 is 0 Å². The SMILES string of the molecule is CC(C)C[C@H](NC(=O)[C@H](Cc1ccc(O)cc1)NC(=O)[C@@H](N)C(C)C)C(=O)N[C@@H](Cc1ccc(O)cc1)C(=O)N[C@@H](CCC(=O)O)C(=O)N[C@H](C(=O)N[C@@H](C)C(=O)O)C(C)C. The minimum atomic E-state index is -1.55. The van der Waals surface area contributed by atoms with E-state index in [-0.39, 0.29) is 42.6 Å². The Balaban J connectivity index is 2.48. The molecule has 19 nitrogen and oxygen atoms in total. The Morgan fingerprint density at radius 2 is 0.934 bits per heavy atom. The highest BCUT2D eigenvalue weighted by Gasteiger charge is 2.35. The number of nitrogens with two attached hydrogens (primary N) is 1. The number of hydrogen-bond donors (Lipinski definition) is 11. The van der Waals surface area contributed by atoms with Crippen LogP contribution in [-0.2, 0) is 51.2 Å². The molecule has 6 amide bonds. The minimum Gasteiger partial charge on any atom is -0.508 e. The number of phenolic OH excluding ortho intramolecular Hbond substituents is 2. The molecule has 7 atom stereocenters. The molecule has 0 heterocycles. The van der Waals surface area contributed by atoms with Crippen molar-refractivity contribution in [2.24, 2.45) is 23.5 Å². The summed E-state index contributed by atoms with van der Waals surface area (Å²) < 4.78 is 0. The number of benzene rings is 2. The summed E-state index contributed by atoms with van der Waals surface area (Å²) in [6.45, 7) is 11.5. The largest absolute Gasteiger partial charge is 0.508 e. The van der Waals surface area contributed by atoms with E-state index in [2.05, 4.69) is 31.9 Å². The molecule has 0 fully saturated rings. The first-order valence-corrected chi connectivity index (χ1v) is 20.1. The molecule has 0 aliphatic carbocycles. The molecule has 2 aromatic carbocycles. The Bertz CT molecular complexity index is 1840. The molecule has 19 heteroatoms. The van der Waals surface area contributed by atoms with E-state index in [9.17, 15) is 58.8 Å². The third-order valence-electron chi connectivity index (χ3n) is 9.64. The van der Waals surface area contributed by atoms with Crippen LogP contribution in [0.5, 0.6) is 11.5 Å². The summed E-state index contributed by atoms with van der Waals surface area (Å²) in [7, 11) is 0. The topological polar surface area (TPSA) is 316 Å². The first-order chi connectivity index (χ1) is 28.5. The molecule has 0 saturated carbocycles.